The summed E-state index contributed by atoms with van der Waals surface area (Å²) in [4.78, 5) is 43.6. The number of nitrogens with two attached hydrogens (primary N) is 1. The van der Waals surface area contributed by atoms with Crippen LogP contribution in [0.5, 0.6) is 0 Å². The van der Waals surface area contributed by atoms with Crippen molar-refractivity contribution in [3.63, 3.8) is 0 Å². The minimum Gasteiger partial charge on any atom is -0.452 e. The van der Waals surface area contributed by atoms with E-state index in [1.807, 2.05) is 4.57 Å². The lowest BCUT2D eigenvalue weighted by molar-refractivity contribution is 0.158. The number of benzene rings is 2. The third-order valence-corrected chi connectivity index (χ3v) is 14.3. The van der Waals surface area contributed by atoms with E-state index in [4.69, 9.17) is 15.2 Å². The zero-order chi connectivity index (χ0) is 41.0. The molecule has 0 unspecified atom stereocenters. The van der Waals surface area contributed by atoms with Gasteiger partial charge in [0.1, 0.15) is 26.6 Å². The number of hydrogen-bond acceptors (Lipinski definition) is 13. The first-order valence-corrected chi connectivity index (χ1v) is 22.0. The fourth-order valence-electron chi connectivity index (χ4n) is 7.98. The van der Waals surface area contributed by atoms with Gasteiger partial charge in [0.15, 0.2) is 17.1 Å². The molecule has 18 heteroatoms. The molecule has 2 saturated carbocycles. The molecule has 58 heavy (non-hydrogen) atoms. The monoisotopic (exact) mass is 828 g/mol. The number of imide groups is 1. The van der Waals surface area contributed by atoms with Crippen molar-refractivity contribution in [3.05, 3.63) is 85.5 Å². The standard InChI is InChI=1S/C22H24N4O6S.C18H20N4O2S/c1-31-21(27)26(22(28)32-2)20-18(33(29,30)16-11-7-4-8-12-16)17-19(24-14-13-23-17)25(20)15-9-5-3-6-10-15;19-17-16(25(23,24)14-9-5-2-6-10-14)15-18(21-12-11-20-15)22(17)13-7-3-1-4-8-13/h4,7-8,11-15H,3,5-6,9-10H2,1-2H3;2,5-6,9-13H,1,3-4,7-8,19H2. The van der Waals surface area contributed by atoms with Crippen molar-refractivity contribution in [3.8, 4) is 0 Å². The number of rotatable bonds is 7. The van der Waals surface area contributed by atoms with Gasteiger partial charge in [-0.05, 0) is 49.9 Å². The molecule has 6 aromatic rings. The second kappa shape index (κ2) is 16.9. The molecule has 2 fully saturated rings. The molecule has 2 aliphatic rings. The van der Waals surface area contributed by atoms with E-state index in [0.717, 1.165) is 72.0 Å². The maximum absolute atomic E-state index is 13.9. The van der Waals surface area contributed by atoms with Crippen molar-refractivity contribution in [2.24, 2.45) is 0 Å². The number of carbonyl (C=O) groups excluding carboxylic acids is 2. The van der Waals surface area contributed by atoms with Crippen LogP contribution in [0.3, 0.4) is 0 Å². The average Bonchev–Trinajstić information content (AvgIpc) is 3.77. The number of carbonyl (C=O) groups is 2. The summed E-state index contributed by atoms with van der Waals surface area (Å²) in [6.45, 7) is 0. The largest absolute Gasteiger partial charge is 0.452 e. The number of hydrogen-bond donors (Lipinski definition) is 1. The molecule has 0 atom stereocenters. The van der Waals surface area contributed by atoms with Crippen LogP contribution in [0.1, 0.15) is 76.3 Å². The van der Waals surface area contributed by atoms with Crippen molar-refractivity contribution in [1.82, 2.24) is 29.1 Å². The number of aromatic nitrogens is 6. The second-order valence-corrected chi connectivity index (χ2v) is 17.8. The summed E-state index contributed by atoms with van der Waals surface area (Å²) in [6.07, 6.45) is 13.5. The molecule has 0 aliphatic heterocycles. The van der Waals surface area contributed by atoms with Crippen LogP contribution in [0.4, 0.5) is 21.2 Å². The number of anilines is 2. The Morgan fingerprint density at radius 2 is 1.00 bits per heavy atom. The lowest BCUT2D eigenvalue weighted by Gasteiger charge is -2.28. The number of amides is 2. The van der Waals surface area contributed by atoms with E-state index >= 15 is 0 Å². The number of nitrogen functional groups attached to an aromatic ring is 1. The molecule has 4 aromatic heterocycles. The van der Waals surface area contributed by atoms with Gasteiger partial charge in [-0.15, -0.1) is 0 Å². The highest BCUT2D eigenvalue weighted by Gasteiger charge is 2.41. The van der Waals surface area contributed by atoms with Gasteiger partial charge >= 0.3 is 12.2 Å². The number of sulfone groups is 2. The zero-order valence-electron chi connectivity index (χ0n) is 32.1. The summed E-state index contributed by atoms with van der Waals surface area (Å²) < 4.78 is 67.4. The molecule has 304 valence electrons. The minimum absolute atomic E-state index is 0.00530. The Bertz CT molecular complexity index is 2640. The maximum Gasteiger partial charge on any atom is 0.424 e. The smallest absolute Gasteiger partial charge is 0.424 e. The number of methoxy groups -OCH3 is 2. The van der Waals surface area contributed by atoms with E-state index in [9.17, 15) is 26.4 Å². The molecule has 2 amide bonds. The maximum atomic E-state index is 13.9. The van der Waals surface area contributed by atoms with Gasteiger partial charge in [-0.1, -0.05) is 74.9 Å². The van der Waals surface area contributed by atoms with Crippen molar-refractivity contribution >= 4 is 65.8 Å². The van der Waals surface area contributed by atoms with Crippen molar-refractivity contribution in [2.75, 3.05) is 24.9 Å². The van der Waals surface area contributed by atoms with E-state index in [0.29, 0.717) is 16.1 Å². The van der Waals surface area contributed by atoms with Gasteiger partial charge in [-0.25, -0.2) is 46.4 Å². The average molecular weight is 829 g/mol. The molecular formula is C40H44N8O8S2. The zero-order valence-corrected chi connectivity index (χ0v) is 33.7. The molecular weight excluding hydrogens is 785 g/mol. The molecule has 2 N–H and O–H groups in total. The lowest BCUT2D eigenvalue weighted by Crippen LogP contribution is -2.39. The van der Waals surface area contributed by atoms with Crippen LogP contribution < -0.4 is 10.6 Å². The molecule has 8 rings (SSSR count). The molecule has 2 aromatic carbocycles. The number of nitrogens with zero attached hydrogens (tertiary/aromatic N) is 7. The molecule has 0 bridgehead atoms. The topological polar surface area (TPSA) is 212 Å². The fourth-order valence-corrected chi connectivity index (χ4v) is 11.1. The van der Waals surface area contributed by atoms with Crippen LogP contribution >= 0.6 is 0 Å². The first-order valence-electron chi connectivity index (χ1n) is 19.0. The first-order chi connectivity index (χ1) is 28.0. The Morgan fingerprint density at radius 1 is 0.603 bits per heavy atom. The van der Waals surface area contributed by atoms with E-state index in [1.165, 1.54) is 37.1 Å². The summed E-state index contributed by atoms with van der Waals surface area (Å²) in [5, 5.41) is 0. The highest BCUT2D eigenvalue weighted by atomic mass is 32.2. The number of fused-ring (bicyclic) bond motifs is 2. The van der Waals surface area contributed by atoms with Gasteiger partial charge in [0, 0.05) is 36.9 Å². The van der Waals surface area contributed by atoms with Crippen molar-refractivity contribution < 1.29 is 35.9 Å². The summed E-state index contributed by atoms with van der Waals surface area (Å²) in [7, 11) is -5.78. The van der Waals surface area contributed by atoms with E-state index in [-0.39, 0.29) is 54.5 Å². The lowest BCUT2D eigenvalue weighted by atomic mass is 9.95. The summed E-state index contributed by atoms with van der Waals surface area (Å²) >= 11 is 0. The summed E-state index contributed by atoms with van der Waals surface area (Å²) in [5.41, 5.74) is 7.63. The van der Waals surface area contributed by atoms with Crippen LogP contribution in [0, 0.1) is 0 Å². The molecule has 4 heterocycles. The molecule has 0 radical (unpaired) electrons. The highest BCUT2D eigenvalue weighted by molar-refractivity contribution is 7.92. The van der Waals surface area contributed by atoms with Crippen molar-refractivity contribution in [1.29, 1.82) is 0 Å². The predicted molar refractivity (Wildman–Crippen MR) is 215 cm³/mol. The predicted octanol–water partition coefficient (Wildman–Crippen LogP) is 7.46. The van der Waals surface area contributed by atoms with Gasteiger partial charge in [-0.2, -0.15) is 4.90 Å². The molecule has 16 nitrogen and oxygen atoms in total. The van der Waals surface area contributed by atoms with Crippen LogP contribution in [-0.4, -0.2) is 72.3 Å². The Kier molecular flexibility index (Phi) is 11.8. The van der Waals surface area contributed by atoms with Crippen LogP contribution in [0.15, 0.2) is 105 Å². The van der Waals surface area contributed by atoms with E-state index < -0.39 is 31.9 Å². The molecule has 0 spiro atoms. The fraction of sp³-hybridized carbons (Fsp3) is 0.350. The third kappa shape index (κ3) is 7.37. The Balaban J connectivity index is 0.000000183. The van der Waals surface area contributed by atoms with Crippen molar-refractivity contribution in [2.45, 2.75) is 95.9 Å². The Labute approximate surface area is 335 Å². The van der Waals surface area contributed by atoms with Gasteiger partial charge in [0.2, 0.25) is 19.7 Å². The van der Waals surface area contributed by atoms with Gasteiger partial charge < -0.3 is 24.3 Å². The van der Waals surface area contributed by atoms with E-state index in [2.05, 4.69) is 19.9 Å². The van der Waals surface area contributed by atoms with Crippen LogP contribution in [0.2, 0.25) is 0 Å². The first kappa shape index (κ1) is 40.3. The van der Waals surface area contributed by atoms with Gasteiger partial charge in [0.05, 0.1) is 24.0 Å². The third-order valence-electron chi connectivity index (χ3n) is 10.6. The second-order valence-electron chi connectivity index (χ2n) is 14.1. The highest BCUT2D eigenvalue weighted by Crippen LogP contribution is 2.44. The van der Waals surface area contributed by atoms with Crippen LogP contribution in [-0.2, 0) is 29.1 Å². The quantitative estimate of drug-likeness (QED) is 0.166. The molecule has 0 saturated heterocycles. The van der Waals surface area contributed by atoms with Crippen LogP contribution in [0.25, 0.3) is 22.3 Å². The normalized spacial score (nSPS) is 15.4. The van der Waals surface area contributed by atoms with Gasteiger partial charge in [0.25, 0.3) is 0 Å². The SMILES string of the molecule is COC(=O)N(C(=O)OC)c1c(S(=O)(=O)c2ccccc2)c2nccnc2n1C1CCCCC1.Nc1c(S(=O)(=O)c2ccccc2)c2nccnc2n1C1CCCCC1. The molecule has 2 aliphatic carbocycles. The summed E-state index contributed by atoms with van der Waals surface area (Å²) in [5.74, 6) is 0.0719. The summed E-state index contributed by atoms with van der Waals surface area (Å²) in [6, 6.07) is 16.1. The number of ether oxygens (including phenoxy) is 2. The van der Waals surface area contributed by atoms with E-state index in [1.54, 1.807) is 59.3 Å². The Hall–Kier alpha value is -5.88. The minimum atomic E-state index is -4.22. The van der Waals surface area contributed by atoms with Gasteiger partial charge in [-0.3, -0.25) is 0 Å². The Morgan fingerprint density at radius 3 is 1.47 bits per heavy atom.